The fourth-order valence-electron chi connectivity index (χ4n) is 0.425. The van der Waals surface area contributed by atoms with Crippen LogP contribution in [0.2, 0.25) is 0 Å². The molecule has 0 spiro atoms. The van der Waals surface area contributed by atoms with Gasteiger partial charge in [-0.05, 0) is 13.8 Å². The molecule has 0 aliphatic heterocycles. The summed E-state index contributed by atoms with van der Waals surface area (Å²) in [6, 6.07) is 0. The molecule has 1 atom stereocenters. The maximum atomic E-state index is 10.7. The number of rotatable bonds is 3. The van der Waals surface area contributed by atoms with E-state index in [0.29, 0.717) is 6.54 Å². The molecule has 0 fully saturated rings. The third-order valence-electron chi connectivity index (χ3n) is 1.07. The van der Waals surface area contributed by atoms with Crippen molar-refractivity contribution in [2.24, 2.45) is 0 Å². The van der Waals surface area contributed by atoms with E-state index in [1.807, 2.05) is 6.92 Å². The summed E-state index contributed by atoms with van der Waals surface area (Å²) in [7, 11) is 1.51. The van der Waals surface area contributed by atoms with Gasteiger partial charge < -0.3 is 10.1 Å². The van der Waals surface area contributed by atoms with Crippen LogP contribution in [0.1, 0.15) is 13.8 Å². The molecule has 0 unspecified atom stereocenters. The quantitative estimate of drug-likeness (QED) is 0.592. The molecule has 0 radical (unpaired) electrons. The van der Waals surface area contributed by atoms with Gasteiger partial charge in [-0.3, -0.25) is 4.79 Å². The molecule has 0 bridgehead atoms. The fraction of sp³-hybridized carbons (Fsp3) is 0.833. The van der Waals surface area contributed by atoms with Crippen molar-refractivity contribution in [3.05, 3.63) is 0 Å². The molecule has 0 aromatic heterocycles. The highest BCUT2D eigenvalue weighted by atomic mass is 16.5. The summed E-state index contributed by atoms with van der Waals surface area (Å²) in [6.45, 7) is 4.25. The zero-order valence-electron chi connectivity index (χ0n) is 6.10. The second-order valence-corrected chi connectivity index (χ2v) is 1.77. The maximum Gasteiger partial charge on any atom is 0.248 e. The van der Waals surface area contributed by atoms with E-state index in [0.717, 1.165) is 0 Å². The Labute approximate surface area is 55.4 Å². The molecule has 0 aromatic carbocycles. The number of carbonyl (C=O) groups is 1. The zero-order valence-corrected chi connectivity index (χ0v) is 6.10. The molecule has 3 nitrogen and oxygen atoms in total. The average Bonchev–Trinajstić information content (AvgIpc) is 1.87. The van der Waals surface area contributed by atoms with Crippen molar-refractivity contribution in [1.29, 1.82) is 0 Å². The molecule has 0 aliphatic rings. The van der Waals surface area contributed by atoms with Crippen LogP contribution in [0.15, 0.2) is 0 Å². The number of methoxy groups -OCH3 is 1. The van der Waals surface area contributed by atoms with Crippen molar-refractivity contribution < 1.29 is 9.53 Å². The predicted molar refractivity (Wildman–Crippen MR) is 35.2 cm³/mol. The molecule has 1 N–H and O–H groups in total. The molecule has 0 heterocycles. The van der Waals surface area contributed by atoms with Crippen molar-refractivity contribution in [3.63, 3.8) is 0 Å². The lowest BCUT2D eigenvalue weighted by atomic mass is 10.4. The van der Waals surface area contributed by atoms with Gasteiger partial charge in [-0.1, -0.05) is 0 Å². The number of amides is 1. The maximum absolute atomic E-state index is 10.7. The van der Waals surface area contributed by atoms with E-state index in [9.17, 15) is 4.79 Å². The monoisotopic (exact) mass is 131 g/mol. The summed E-state index contributed by atoms with van der Waals surface area (Å²) >= 11 is 0. The second-order valence-electron chi connectivity index (χ2n) is 1.77. The van der Waals surface area contributed by atoms with Gasteiger partial charge in [0.25, 0.3) is 0 Å². The highest BCUT2D eigenvalue weighted by molar-refractivity contribution is 5.80. The summed E-state index contributed by atoms with van der Waals surface area (Å²) in [5.41, 5.74) is 0. The third-order valence-corrected chi connectivity index (χ3v) is 1.07. The van der Waals surface area contributed by atoms with Gasteiger partial charge in [-0.15, -0.1) is 0 Å². The van der Waals surface area contributed by atoms with E-state index in [1.165, 1.54) is 7.11 Å². The van der Waals surface area contributed by atoms with Gasteiger partial charge in [0.05, 0.1) is 0 Å². The van der Waals surface area contributed by atoms with Crippen LogP contribution in [0.25, 0.3) is 0 Å². The summed E-state index contributed by atoms with van der Waals surface area (Å²) in [4.78, 5) is 10.7. The average molecular weight is 131 g/mol. The van der Waals surface area contributed by atoms with Crippen molar-refractivity contribution in [2.45, 2.75) is 20.0 Å². The Morgan fingerprint density at radius 2 is 2.33 bits per heavy atom. The predicted octanol–water partition coefficient (Wildman–Crippen LogP) is 0.157. The Hall–Kier alpha value is -0.570. The van der Waals surface area contributed by atoms with Gasteiger partial charge in [-0.2, -0.15) is 0 Å². The van der Waals surface area contributed by atoms with Crippen LogP contribution in [-0.4, -0.2) is 25.7 Å². The number of nitrogens with one attached hydrogen (secondary N) is 1. The van der Waals surface area contributed by atoms with Gasteiger partial charge in [0.2, 0.25) is 5.91 Å². The summed E-state index contributed by atoms with van der Waals surface area (Å²) in [5, 5.41) is 2.63. The minimum absolute atomic E-state index is 0.0556. The van der Waals surface area contributed by atoms with E-state index in [2.05, 4.69) is 5.32 Å². The van der Waals surface area contributed by atoms with E-state index >= 15 is 0 Å². The lowest BCUT2D eigenvalue weighted by Gasteiger charge is -2.07. The zero-order chi connectivity index (χ0) is 7.28. The van der Waals surface area contributed by atoms with Gasteiger partial charge in [0, 0.05) is 13.7 Å². The number of likely N-dealkylation sites (N-methyl/N-ethyl adjacent to an activating group) is 1. The molecule has 0 saturated heterocycles. The number of hydrogen-bond acceptors (Lipinski definition) is 2. The van der Waals surface area contributed by atoms with Crippen molar-refractivity contribution in [1.82, 2.24) is 5.32 Å². The molecule has 3 heteroatoms. The van der Waals surface area contributed by atoms with E-state index < -0.39 is 0 Å². The van der Waals surface area contributed by atoms with Crippen LogP contribution in [0.5, 0.6) is 0 Å². The molecule has 0 aromatic rings. The van der Waals surface area contributed by atoms with Crippen LogP contribution in [0.3, 0.4) is 0 Å². The molecule has 0 saturated carbocycles. The topological polar surface area (TPSA) is 38.3 Å². The van der Waals surface area contributed by atoms with Crippen molar-refractivity contribution >= 4 is 5.91 Å². The largest absolute Gasteiger partial charge is 0.372 e. The standard InChI is InChI=1S/C6H13NO2/c1-4-7-6(8)5(2)9-3/h5H,4H2,1-3H3,(H,7,8)/t5-/m1/s1. The Balaban J connectivity index is 3.46. The van der Waals surface area contributed by atoms with Crippen molar-refractivity contribution in [2.75, 3.05) is 13.7 Å². The minimum atomic E-state index is -0.329. The van der Waals surface area contributed by atoms with Crippen LogP contribution >= 0.6 is 0 Å². The van der Waals surface area contributed by atoms with Gasteiger partial charge in [0.1, 0.15) is 6.10 Å². The first-order valence-corrected chi connectivity index (χ1v) is 3.02. The summed E-state index contributed by atoms with van der Waals surface area (Å²) in [6.07, 6.45) is -0.329. The molecule has 1 amide bonds. The Morgan fingerprint density at radius 3 is 2.67 bits per heavy atom. The summed E-state index contributed by atoms with van der Waals surface area (Å²) in [5.74, 6) is -0.0556. The van der Waals surface area contributed by atoms with Crippen LogP contribution in [0, 0.1) is 0 Å². The summed E-state index contributed by atoms with van der Waals surface area (Å²) < 4.78 is 4.75. The first kappa shape index (κ1) is 8.43. The van der Waals surface area contributed by atoms with Gasteiger partial charge in [-0.25, -0.2) is 0 Å². The molecular weight excluding hydrogens is 118 g/mol. The first-order chi connectivity index (χ1) is 4.22. The molecule has 0 aliphatic carbocycles. The van der Waals surface area contributed by atoms with Gasteiger partial charge in [0.15, 0.2) is 0 Å². The lowest BCUT2D eigenvalue weighted by molar-refractivity contribution is -0.129. The lowest BCUT2D eigenvalue weighted by Crippen LogP contribution is -2.33. The van der Waals surface area contributed by atoms with E-state index in [-0.39, 0.29) is 12.0 Å². The third kappa shape index (κ3) is 3.08. The molecule has 0 rings (SSSR count). The smallest absolute Gasteiger partial charge is 0.248 e. The highest BCUT2D eigenvalue weighted by Crippen LogP contribution is 1.84. The number of carbonyl (C=O) groups excluding carboxylic acids is 1. The van der Waals surface area contributed by atoms with Crippen LogP contribution in [0.4, 0.5) is 0 Å². The fourth-order valence-corrected chi connectivity index (χ4v) is 0.425. The Morgan fingerprint density at radius 1 is 1.78 bits per heavy atom. The minimum Gasteiger partial charge on any atom is -0.372 e. The SMILES string of the molecule is CCNC(=O)[C@@H](C)OC. The molecule has 54 valence electrons. The van der Waals surface area contributed by atoms with Crippen LogP contribution < -0.4 is 5.32 Å². The molecule has 9 heavy (non-hydrogen) atoms. The second kappa shape index (κ2) is 4.32. The molecular formula is C6H13NO2. The van der Waals surface area contributed by atoms with Crippen molar-refractivity contribution in [3.8, 4) is 0 Å². The number of hydrogen-bond donors (Lipinski definition) is 1. The van der Waals surface area contributed by atoms with Gasteiger partial charge >= 0.3 is 0 Å². The van der Waals surface area contributed by atoms with E-state index in [1.54, 1.807) is 6.92 Å². The first-order valence-electron chi connectivity index (χ1n) is 3.02. The Kier molecular flexibility index (Phi) is 4.05. The Bertz CT molecular complexity index is 93.1. The van der Waals surface area contributed by atoms with Crippen LogP contribution in [-0.2, 0) is 9.53 Å². The van der Waals surface area contributed by atoms with E-state index in [4.69, 9.17) is 4.74 Å². The highest BCUT2D eigenvalue weighted by Gasteiger charge is 2.08. The normalized spacial score (nSPS) is 12.8. The number of ether oxygens (including phenoxy) is 1.